The molecule has 0 aliphatic heterocycles. The average Bonchev–Trinajstić information content (AvgIpc) is 2.66. The van der Waals surface area contributed by atoms with E-state index in [1.165, 1.54) is 16.0 Å². The van der Waals surface area contributed by atoms with Gasteiger partial charge in [0, 0.05) is 18.0 Å². The summed E-state index contributed by atoms with van der Waals surface area (Å²) < 4.78 is 14.9. The molecule has 0 bridgehead atoms. The van der Waals surface area contributed by atoms with Gasteiger partial charge < -0.3 is 5.73 Å². The predicted molar refractivity (Wildman–Crippen MR) is 55.6 cm³/mol. The van der Waals surface area contributed by atoms with E-state index in [-0.39, 0.29) is 5.82 Å². The molecular formula is C9H10FN3S. The van der Waals surface area contributed by atoms with Crippen molar-refractivity contribution in [1.29, 1.82) is 0 Å². The summed E-state index contributed by atoms with van der Waals surface area (Å²) in [7, 11) is 1.63. The summed E-state index contributed by atoms with van der Waals surface area (Å²) in [6.07, 6.45) is 0. The lowest BCUT2D eigenvalue weighted by molar-refractivity contribution is 0.634. The van der Waals surface area contributed by atoms with E-state index in [9.17, 15) is 4.39 Å². The minimum atomic E-state index is -0.436. The lowest BCUT2D eigenvalue weighted by Crippen LogP contribution is -1.97. The molecule has 2 heterocycles. The summed E-state index contributed by atoms with van der Waals surface area (Å²) in [6.45, 7) is 1.93. The Morgan fingerprint density at radius 1 is 1.50 bits per heavy atom. The zero-order valence-corrected chi connectivity index (χ0v) is 8.73. The topological polar surface area (TPSA) is 43.8 Å². The number of aromatic nitrogens is 2. The molecule has 3 nitrogen and oxygen atoms in total. The highest BCUT2D eigenvalue weighted by molar-refractivity contribution is 7.08. The fourth-order valence-corrected chi connectivity index (χ4v) is 2.12. The molecule has 0 unspecified atom stereocenters. The number of halogens is 1. The van der Waals surface area contributed by atoms with Gasteiger partial charge in [0.2, 0.25) is 0 Å². The van der Waals surface area contributed by atoms with E-state index in [0.29, 0.717) is 5.69 Å². The second-order valence-electron chi connectivity index (χ2n) is 3.14. The Hall–Kier alpha value is -1.36. The first-order chi connectivity index (χ1) is 6.61. The summed E-state index contributed by atoms with van der Waals surface area (Å²) >= 11 is 1.53. The number of nitrogen functional groups attached to an aromatic ring is 1. The van der Waals surface area contributed by atoms with E-state index in [0.717, 1.165) is 11.1 Å². The number of anilines is 1. The SMILES string of the molecule is Cc1cscc1-c1nn(C)c(N)c1F. The van der Waals surface area contributed by atoms with Crippen LogP contribution < -0.4 is 5.73 Å². The number of hydrogen-bond donors (Lipinski definition) is 1. The first kappa shape index (κ1) is 9.21. The lowest BCUT2D eigenvalue weighted by atomic mass is 10.1. The number of nitrogens with two attached hydrogens (primary N) is 1. The van der Waals surface area contributed by atoms with Crippen LogP contribution in [0.3, 0.4) is 0 Å². The van der Waals surface area contributed by atoms with E-state index in [2.05, 4.69) is 5.10 Å². The molecule has 2 rings (SSSR count). The van der Waals surface area contributed by atoms with Crippen LogP contribution in [0.15, 0.2) is 10.8 Å². The Kier molecular flexibility index (Phi) is 2.03. The van der Waals surface area contributed by atoms with Crippen molar-refractivity contribution in [2.75, 3.05) is 5.73 Å². The molecular weight excluding hydrogens is 201 g/mol. The van der Waals surface area contributed by atoms with Gasteiger partial charge >= 0.3 is 0 Å². The summed E-state index contributed by atoms with van der Waals surface area (Å²) in [5, 5.41) is 7.87. The van der Waals surface area contributed by atoms with Crippen LogP contribution in [0.25, 0.3) is 11.3 Å². The Bertz CT molecular complexity index is 472. The van der Waals surface area contributed by atoms with Crippen molar-refractivity contribution < 1.29 is 4.39 Å². The van der Waals surface area contributed by atoms with Crippen LogP contribution in [-0.2, 0) is 7.05 Å². The zero-order valence-electron chi connectivity index (χ0n) is 7.91. The van der Waals surface area contributed by atoms with Crippen LogP contribution in [0.2, 0.25) is 0 Å². The first-order valence-electron chi connectivity index (χ1n) is 4.12. The number of aryl methyl sites for hydroxylation is 2. The van der Waals surface area contributed by atoms with E-state index >= 15 is 0 Å². The molecule has 2 aromatic rings. The molecule has 0 aromatic carbocycles. The van der Waals surface area contributed by atoms with Crippen molar-refractivity contribution in [3.63, 3.8) is 0 Å². The number of hydrogen-bond acceptors (Lipinski definition) is 3. The lowest BCUT2D eigenvalue weighted by Gasteiger charge is -1.93. The molecule has 0 fully saturated rings. The highest BCUT2D eigenvalue weighted by Gasteiger charge is 2.16. The van der Waals surface area contributed by atoms with Crippen molar-refractivity contribution in [1.82, 2.24) is 9.78 Å². The minimum Gasteiger partial charge on any atom is -0.381 e. The fourth-order valence-electron chi connectivity index (χ4n) is 1.29. The second-order valence-corrected chi connectivity index (χ2v) is 3.88. The van der Waals surface area contributed by atoms with Gasteiger partial charge in [-0.1, -0.05) is 0 Å². The van der Waals surface area contributed by atoms with Crippen LogP contribution in [-0.4, -0.2) is 9.78 Å². The van der Waals surface area contributed by atoms with Crippen molar-refractivity contribution in [3.05, 3.63) is 22.1 Å². The Morgan fingerprint density at radius 2 is 2.21 bits per heavy atom. The van der Waals surface area contributed by atoms with E-state index in [4.69, 9.17) is 5.73 Å². The van der Waals surface area contributed by atoms with Gasteiger partial charge in [-0.15, -0.1) is 0 Å². The smallest absolute Gasteiger partial charge is 0.192 e. The van der Waals surface area contributed by atoms with Crippen molar-refractivity contribution in [3.8, 4) is 11.3 Å². The van der Waals surface area contributed by atoms with Gasteiger partial charge in [-0.25, -0.2) is 9.07 Å². The third-order valence-corrected chi connectivity index (χ3v) is 3.00. The van der Waals surface area contributed by atoms with Crippen LogP contribution in [0, 0.1) is 12.7 Å². The summed E-state index contributed by atoms with van der Waals surface area (Å²) in [5.41, 5.74) is 7.66. The van der Waals surface area contributed by atoms with Crippen LogP contribution >= 0.6 is 11.3 Å². The number of thiophene rings is 1. The van der Waals surface area contributed by atoms with Crippen molar-refractivity contribution in [2.24, 2.45) is 7.05 Å². The van der Waals surface area contributed by atoms with Crippen molar-refractivity contribution in [2.45, 2.75) is 6.92 Å². The monoisotopic (exact) mass is 211 g/mol. The third kappa shape index (κ3) is 1.21. The average molecular weight is 211 g/mol. The van der Waals surface area contributed by atoms with Gasteiger partial charge in [0.15, 0.2) is 11.6 Å². The fraction of sp³-hybridized carbons (Fsp3) is 0.222. The summed E-state index contributed by atoms with van der Waals surface area (Å²) in [6, 6.07) is 0. The molecule has 0 spiro atoms. The second kappa shape index (κ2) is 3.09. The standard InChI is InChI=1S/C9H10FN3S/c1-5-3-14-4-6(5)8-7(10)9(11)13(2)12-8/h3-4H,11H2,1-2H3. The molecule has 2 aromatic heterocycles. The molecule has 0 radical (unpaired) electrons. The molecule has 0 aliphatic rings. The molecule has 74 valence electrons. The highest BCUT2D eigenvalue weighted by atomic mass is 32.1. The maximum absolute atomic E-state index is 13.6. The van der Waals surface area contributed by atoms with Gasteiger partial charge in [0.25, 0.3) is 0 Å². The molecule has 0 saturated heterocycles. The molecule has 0 saturated carbocycles. The van der Waals surface area contributed by atoms with Gasteiger partial charge in [-0.05, 0) is 17.9 Å². The predicted octanol–water partition coefficient (Wildman–Crippen LogP) is 2.18. The molecule has 0 atom stereocenters. The van der Waals surface area contributed by atoms with Crippen LogP contribution in [0.4, 0.5) is 10.2 Å². The molecule has 14 heavy (non-hydrogen) atoms. The minimum absolute atomic E-state index is 0.0746. The normalized spacial score (nSPS) is 10.8. The Labute approximate surface area is 85.0 Å². The largest absolute Gasteiger partial charge is 0.381 e. The quantitative estimate of drug-likeness (QED) is 0.785. The maximum Gasteiger partial charge on any atom is 0.192 e. The van der Waals surface area contributed by atoms with Crippen LogP contribution in [0.5, 0.6) is 0 Å². The van der Waals surface area contributed by atoms with Crippen LogP contribution in [0.1, 0.15) is 5.56 Å². The van der Waals surface area contributed by atoms with E-state index in [1.54, 1.807) is 7.05 Å². The molecule has 0 aliphatic carbocycles. The Morgan fingerprint density at radius 3 is 2.64 bits per heavy atom. The van der Waals surface area contributed by atoms with Gasteiger partial charge in [0.05, 0.1) is 0 Å². The Balaban J connectivity index is 2.63. The highest BCUT2D eigenvalue weighted by Crippen LogP contribution is 2.29. The third-order valence-electron chi connectivity index (χ3n) is 2.14. The maximum atomic E-state index is 13.6. The number of rotatable bonds is 1. The molecule has 5 heteroatoms. The van der Waals surface area contributed by atoms with Gasteiger partial charge in [0.1, 0.15) is 5.69 Å². The van der Waals surface area contributed by atoms with Gasteiger partial charge in [-0.3, -0.25) is 0 Å². The zero-order chi connectivity index (χ0) is 10.3. The summed E-state index contributed by atoms with van der Waals surface area (Å²) in [4.78, 5) is 0. The van der Waals surface area contributed by atoms with Gasteiger partial charge in [-0.2, -0.15) is 16.4 Å². The summed E-state index contributed by atoms with van der Waals surface area (Å²) in [5.74, 6) is -0.361. The molecule has 2 N–H and O–H groups in total. The molecule has 0 amide bonds. The van der Waals surface area contributed by atoms with E-state index in [1.807, 2.05) is 17.7 Å². The van der Waals surface area contributed by atoms with E-state index < -0.39 is 5.82 Å². The number of nitrogens with zero attached hydrogens (tertiary/aromatic N) is 2. The first-order valence-corrected chi connectivity index (χ1v) is 5.06. The van der Waals surface area contributed by atoms with Crippen molar-refractivity contribution >= 4 is 17.2 Å².